The molecule has 0 aliphatic carbocycles. The standard InChI is InChI=1S/C16H28O6/c1-7-8(2)16(22-14(15(17)18)13(7)19-6)21-12-9(3)10(4)20-11(12)5/h7-14,16H,1-6H3,(H,17,18)/p-1/t7-,8?,9?,10?,11?,12?,13+,14+,16+/m0/s1. The predicted molar refractivity (Wildman–Crippen MR) is 76.8 cm³/mol. The average molecular weight is 315 g/mol. The summed E-state index contributed by atoms with van der Waals surface area (Å²) >= 11 is 0. The summed E-state index contributed by atoms with van der Waals surface area (Å²) in [6, 6.07) is 0. The zero-order valence-electron chi connectivity index (χ0n) is 14.1. The molecule has 0 bridgehead atoms. The van der Waals surface area contributed by atoms with E-state index in [9.17, 15) is 9.90 Å². The van der Waals surface area contributed by atoms with Gasteiger partial charge in [0.05, 0.1) is 30.4 Å². The lowest BCUT2D eigenvalue weighted by atomic mass is 9.84. The summed E-state index contributed by atoms with van der Waals surface area (Å²) in [5, 5.41) is 11.3. The van der Waals surface area contributed by atoms with Crippen LogP contribution in [0.1, 0.15) is 34.6 Å². The molecular formula is C16H27O6-. The lowest BCUT2D eigenvalue weighted by Gasteiger charge is -2.45. The summed E-state index contributed by atoms with van der Waals surface area (Å²) in [6.07, 6.45) is -2.30. The molecule has 5 unspecified atom stereocenters. The van der Waals surface area contributed by atoms with E-state index in [-0.39, 0.29) is 36.1 Å². The highest BCUT2D eigenvalue weighted by molar-refractivity contribution is 5.71. The van der Waals surface area contributed by atoms with E-state index in [0.717, 1.165) is 0 Å². The Morgan fingerprint density at radius 3 is 2.00 bits per heavy atom. The van der Waals surface area contributed by atoms with Crippen LogP contribution in [0.5, 0.6) is 0 Å². The predicted octanol–water partition coefficient (Wildman–Crippen LogP) is 0.577. The highest BCUT2D eigenvalue weighted by Crippen LogP contribution is 2.37. The third-order valence-electron chi connectivity index (χ3n) is 5.30. The zero-order valence-corrected chi connectivity index (χ0v) is 14.1. The van der Waals surface area contributed by atoms with Crippen molar-refractivity contribution >= 4 is 5.97 Å². The summed E-state index contributed by atoms with van der Waals surface area (Å²) in [6.45, 7) is 10.00. The molecule has 2 saturated heterocycles. The van der Waals surface area contributed by atoms with Crippen molar-refractivity contribution in [1.82, 2.24) is 0 Å². The summed E-state index contributed by atoms with van der Waals surface area (Å²) < 4.78 is 22.8. The molecule has 2 heterocycles. The minimum Gasteiger partial charge on any atom is -0.547 e. The van der Waals surface area contributed by atoms with Crippen molar-refractivity contribution < 1.29 is 28.8 Å². The van der Waals surface area contributed by atoms with Gasteiger partial charge in [-0.1, -0.05) is 20.8 Å². The lowest BCUT2D eigenvalue weighted by Crippen LogP contribution is -2.58. The third kappa shape index (κ3) is 3.15. The van der Waals surface area contributed by atoms with Gasteiger partial charge in [0.15, 0.2) is 6.29 Å². The van der Waals surface area contributed by atoms with Crippen LogP contribution in [0, 0.1) is 17.8 Å². The number of carbonyl (C=O) groups is 1. The monoisotopic (exact) mass is 315 g/mol. The number of rotatable bonds is 4. The molecule has 6 heteroatoms. The van der Waals surface area contributed by atoms with E-state index in [2.05, 4.69) is 6.92 Å². The summed E-state index contributed by atoms with van der Waals surface area (Å²) in [7, 11) is 1.49. The lowest BCUT2D eigenvalue weighted by molar-refractivity contribution is -0.346. The smallest absolute Gasteiger partial charge is 0.161 e. The van der Waals surface area contributed by atoms with Crippen molar-refractivity contribution in [3.8, 4) is 0 Å². The summed E-state index contributed by atoms with van der Waals surface area (Å²) in [5.74, 6) is -1.05. The topological polar surface area (TPSA) is 77.1 Å². The minimum absolute atomic E-state index is 0.0101. The fraction of sp³-hybridized carbons (Fsp3) is 0.938. The van der Waals surface area contributed by atoms with Crippen LogP contribution >= 0.6 is 0 Å². The van der Waals surface area contributed by atoms with E-state index in [1.807, 2.05) is 27.7 Å². The van der Waals surface area contributed by atoms with Gasteiger partial charge in [-0.05, 0) is 19.8 Å². The first-order chi connectivity index (χ1) is 10.3. The Hall–Kier alpha value is -0.690. The second kappa shape index (κ2) is 6.83. The Morgan fingerprint density at radius 2 is 1.55 bits per heavy atom. The molecule has 0 radical (unpaired) electrons. The second-order valence-electron chi connectivity index (χ2n) is 6.67. The maximum Gasteiger partial charge on any atom is 0.161 e. The normalized spacial score (nSPS) is 49.3. The van der Waals surface area contributed by atoms with Crippen LogP contribution in [0.2, 0.25) is 0 Å². The number of carboxylic acid groups (broad SMARTS) is 1. The van der Waals surface area contributed by atoms with Gasteiger partial charge in [-0.15, -0.1) is 0 Å². The SMILES string of the molecule is CO[C@H]1[C@H](C(=O)[O-])O[C@@H](OC2C(C)OC(C)C2C)C(C)[C@@H]1C. The zero-order chi connectivity index (χ0) is 16.6. The molecular weight excluding hydrogens is 288 g/mol. The second-order valence-corrected chi connectivity index (χ2v) is 6.67. The van der Waals surface area contributed by atoms with Gasteiger partial charge in [0.25, 0.3) is 0 Å². The molecule has 0 aromatic heterocycles. The van der Waals surface area contributed by atoms with Crippen molar-refractivity contribution in [3.63, 3.8) is 0 Å². The largest absolute Gasteiger partial charge is 0.547 e. The van der Waals surface area contributed by atoms with E-state index in [1.165, 1.54) is 7.11 Å². The Balaban J connectivity index is 2.12. The highest BCUT2D eigenvalue weighted by atomic mass is 16.7. The van der Waals surface area contributed by atoms with Gasteiger partial charge in [-0.25, -0.2) is 0 Å². The van der Waals surface area contributed by atoms with Crippen LogP contribution in [0.25, 0.3) is 0 Å². The highest BCUT2D eigenvalue weighted by Gasteiger charge is 2.46. The van der Waals surface area contributed by atoms with E-state index in [0.29, 0.717) is 0 Å². The molecule has 0 saturated carbocycles. The van der Waals surface area contributed by atoms with Crippen LogP contribution in [0.15, 0.2) is 0 Å². The molecule has 6 nitrogen and oxygen atoms in total. The van der Waals surface area contributed by atoms with Crippen molar-refractivity contribution in [3.05, 3.63) is 0 Å². The van der Waals surface area contributed by atoms with Crippen LogP contribution in [0.4, 0.5) is 0 Å². The Morgan fingerprint density at radius 1 is 0.909 bits per heavy atom. The summed E-state index contributed by atoms with van der Waals surface area (Å²) in [4.78, 5) is 11.3. The maximum atomic E-state index is 11.3. The molecule has 0 aromatic rings. The van der Waals surface area contributed by atoms with Crippen molar-refractivity contribution in [2.45, 2.75) is 71.4 Å². The Labute approximate surface area is 132 Å². The van der Waals surface area contributed by atoms with E-state index in [1.54, 1.807) is 0 Å². The van der Waals surface area contributed by atoms with Crippen LogP contribution in [-0.4, -0.2) is 49.9 Å². The first-order valence-corrected chi connectivity index (χ1v) is 7.98. The fourth-order valence-corrected chi connectivity index (χ4v) is 3.48. The van der Waals surface area contributed by atoms with Crippen LogP contribution in [-0.2, 0) is 23.7 Å². The van der Waals surface area contributed by atoms with E-state index < -0.39 is 24.5 Å². The molecule has 9 atom stereocenters. The fourth-order valence-electron chi connectivity index (χ4n) is 3.48. The van der Waals surface area contributed by atoms with Gasteiger partial charge >= 0.3 is 0 Å². The molecule has 0 spiro atoms. The average Bonchev–Trinajstić information content (AvgIpc) is 2.69. The van der Waals surface area contributed by atoms with E-state index in [4.69, 9.17) is 18.9 Å². The van der Waals surface area contributed by atoms with Gasteiger partial charge in [0.1, 0.15) is 6.10 Å². The molecule has 2 aliphatic rings. The number of hydrogen-bond acceptors (Lipinski definition) is 6. The minimum atomic E-state index is -1.27. The van der Waals surface area contributed by atoms with Crippen molar-refractivity contribution in [2.75, 3.05) is 7.11 Å². The van der Waals surface area contributed by atoms with Crippen LogP contribution < -0.4 is 5.11 Å². The van der Waals surface area contributed by atoms with Gasteiger partial charge in [0, 0.05) is 18.9 Å². The first kappa shape index (κ1) is 17.7. The van der Waals surface area contributed by atoms with Gasteiger partial charge < -0.3 is 28.8 Å². The third-order valence-corrected chi connectivity index (χ3v) is 5.30. The number of ether oxygens (including phenoxy) is 4. The maximum absolute atomic E-state index is 11.3. The molecule has 0 aromatic carbocycles. The first-order valence-electron chi connectivity index (χ1n) is 7.98. The number of aliphatic carboxylic acids is 1. The van der Waals surface area contributed by atoms with Crippen molar-refractivity contribution in [1.29, 1.82) is 0 Å². The molecule has 0 amide bonds. The molecule has 22 heavy (non-hydrogen) atoms. The quantitative estimate of drug-likeness (QED) is 0.755. The molecule has 2 rings (SSSR count). The molecule has 0 N–H and O–H groups in total. The number of hydrogen-bond donors (Lipinski definition) is 0. The molecule has 128 valence electrons. The van der Waals surface area contributed by atoms with Gasteiger partial charge in [-0.3, -0.25) is 0 Å². The number of carboxylic acids is 1. The summed E-state index contributed by atoms with van der Waals surface area (Å²) in [5.41, 5.74) is 0. The Kier molecular flexibility index (Phi) is 5.48. The van der Waals surface area contributed by atoms with Crippen molar-refractivity contribution in [2.24, 2.45) is 17.8 Å². The number of carbonyl (C=O) groups excluding carboxylic acids is 1. The van der Waals surface area contributed by atoms with Crippen LogP contribution in [0.3, 0.4) is 0 Å². The Bertz CT molecular complexity index is 400. The van der Waals surface area contributed by atoms with Gasteiger partial charge in [0.2, 0.25) is 0 Å². The molecule has 2 aliphatic heterocycles. The van der Waals surface area contributed by atoms with Gasteiger partial charge in [-0.2, -0.15) is 0 Å². The number of methoxy groups -OCH3 is 1. The molecule has 2 fully saturated rings. The van der Waals surface area contributed by atoms with E-state index >= 15 is 0 Å².